The molecule has 0 bridgehead atoms. The number of likely N-dealkylation sites (N-methyl/N-ethyl adjacent to an activating group) is 1. The number of fused-ring (bicyclic) bond motifs is 1. The zero-order chi connectivity index (χ0) is 17.2. The molecule has 0 radical (unpaired) electrons. The molecule has 0 spiro atoms. The van der Waals surface area contributed by atoms with E-state index in [1.54, 1.807) is 0 Å². The maximum absolute atomic E-state index is 12.2. The first kappa shape index (κ1) is 17.0. The Kier molecular flexibility index (Phi) is 4.96. The molecule has 1 amide bonds. The SMILES string of the molecule is CCN(CC(=O)NCc1ccc2c(c1)OCO2)C1CCS(=O)(=O)C1. The first-order valence-electron chi connectivity index (χ1n) is 8.06. The molecule has 0 aliphatic carbocycles. The van der Waals surface area contributed by atoms with Gasteiger partial charge in [0.1, 0.15) is 0 Å². The molecule has 24 heavy (non-hydrogen) atoms. The van der Waals surface area contributed by atoms with Crippen LogP contribution in [0.5, 0.6) is 11.5 Å². The standard InChI is InChI=1S/C16H22N2O5S/c1-2-18(13-5-6-24(20,21)10-13)9-16(19)17-8-12-3-4-14-15(7-12)23-11-22-14/h3-4,7,13H,2,5-6,8-11H2,1H3,(H,17,19). The fourth-order valence-corrected chi connectivity index (χ4v) is 4.82. The molecule has 7 nitrogen and oxygen atoms in total. The lowest BCUT2D eigenvalue weighted by Gasteiger charge is -2.25. The van der Waals surface area contributed by atoms with Crippen LogP contribution in [-0.2, 0) is 21.2 Å². The summed E-state index contributed by atoms with van der Waals surface area (Å²) in [6, 6.07) is 5.50. The third-order valence-electron chi connectivity index (χ3n) is 4.40. The highest BCUT2D eigenvalue weighted by Gasteiger charge is 2.32. The number of rotatable bonds is 6. The highest BCUT2D eigenvalue weighted by molar-refractivity contribution is 7.91. The monoisotopic (exact) mass is 354 g/mol. The van der Waals surface area contributed by atoms with Crippen LogP contribution < -0.4 is 14.8 Å². The molecule has 1 N–H and O–H groups in total. The number of nitrogens with zero attached hydrogens (tertiary/aromatic N) is 1. The van der Waals surface area contributed by atoms with Crippen LogP contribution >= 0.6 is 0 Å². The molecule has 3 rings (SSSR count). The first-order valence-corrected chi connectivity index (χ1v) is 9.88. The number of ether oxygens (including phenoxy) is 2. The normalized spacial score (nSPS) is 21.2. The van der Waals surface area contributed by atoms with Crippen molar-refractivity contribution in [2.45, 2.75) is 25.9 Å². The van der Waals surface area contributed by atoms with Crippen molar-refractivity contribution in [1.29, 1.82) is 0 Å². The van der Waals surface area contributed by atoms with Gasteiger partial charge >= 0.3 is 0 Å². The number of amides is 1. The van der Waals surface area contributed by atoms with E-state index in [2.05, 4.69) is 5.32 Å². The fraction of sp³-hybridized carbons (Fsp3) is 0.562. The topological polar surface area (TPSA) is 84.9 Å². The van der Waals surface area contributed by atoms with Gasteiger partial charge in [-0.25, -0.2) is 8.42 Å². The zero-order valence-electron chi connectivity index (χ0n) is 13.7. The van der Waals surface area contributed by atoms with E-state index in [4.69, 9.17) is 9.47 Å². The summed E-state index contributed by atoms with van der Waals surface area (Å²) >= 11 is 0. The zero-order valence-corrected chi connectivity index (χ0v) is 14.5. The minimum absolute atomic E-state index is 0.0590. The Bertz CT molecular complexity index is 719. The van der Waals surface area contributed by atoms with Gasteiger partial charge < -0.3 is 14.8 Å². The summed E-state index contributed by atoms with van der Waals surface area (Å²) in [4.78, 5) is 14.1. The smallest absolute Gasteiger partial charge is 0.234 e. The van der Waals surface area contributed by atoms with E-state index in [1.807, 2.05) is 30.0 Å². The molecular weight excluding hydrogens is 332 g/mol. The minimum atomic E-state index is -2.95. The van der Waals surface area contributed by atoms with Gasteiger partial charge in [-0.2, -0.15) is 0 Å². The van der Waals surface area contributed by atoms with E-state index >= 15 is 0 Å². The molecule has 1 atom stereocenters. The molecule has 132 valence electrons. The number of nitrogens with one attached hydrogen (secondary N) is 1. The molecule has 1 saturated heterocycles. The van der Waals surface area contributed by atoms with Crippen LogP contribution in [0.25, 0.3) is 0 Å². The van der Waals surface area contributed by atoms with Gasteiger partial charge in [0.25, 0.3) is 0 Å². The molecule has 1 aromatic carbocycles. The predicted molar refractivity (Wildman–Crippen MR) is 88.7 cm³/mol. The second-order valence-electron chi connectivity index (χ2n) is 6.08. The number of hydrogen-bond acceptors (Lipinski definition) is 6. The van der Waals surface area contributed by atoms with Crippen molar-refractivity contribution < 1.29 is 22.7 Å². The van der Waals surface area contributed by atoms with E-state index in [-0.39, 0.29) is 36.8 Å². The Hall–Kier alpha value is -1.80. The highest BCUT2D eigenvalue weighted by atomic mass is 32.2. The lowest BCUT2D eigenvalue weighted by atomic mass is 10.2. The van der Waals surface area contributed by atoms with E-state index < -0.39 is 9.84 Å². The first-order chi connectivity index (χ1) is 11.5. The van der Waals surface area contributed by atoms with Gasteiger partial charge in [0, 0.05) is 12.6 Å². The maximum Gasteiger partial charge on any atom is 0.234 e. The average molecular weight is 354 g/mol. The number of sulfone groups is 1. The molecular formula is C16H22N2O5S. The van der Waals surface area contributed by atoms with Crippen LogP contribution in [0, 0.1) is 0 Å². The Labute approximate surface area is 141 Å². The summed E-state index contributed by atoms with van der Waals surface area (Å²) in [5, 5.41) is 2.87. The van der Waals surface area contributed by atoms with Crippen molar-refractivity contribution in [2.75, 3.05) is 31.4 Å². The van der Waals surface area contributed by atoms with Gasteiger partial charge in [0.05, 0.1) is 18.1 Å². The molecule has 1 fully saturated rings. The third kappa shape index (κ3) is 3.99. The van der Waals surface area contributed by atoms with E-state index in [0.717, 1.165) is 5.56 Å². The van der Waals surface area contributed by atoms with E-state index in [9.17, 15) is 13.2 Å². The van der Waals surface area contributed by atoms with Crippen molar-refractivity contribution in [3.05, 3.63) is 23.8 Å². The highest BCUT2D eigenvalue weighted by Crippen LogP contribution is 2.32. The van der Waals surface area contributed by atoms with Gasteiger partial charge in [-0.3, -0.25) is 9.69 Å². The Morgan fingerprint density at radius 1 is 1.33 bits per heavy atom. The van der Waals surface area contributed by atoms with Crippen molar-refractivity contribution >= 4 is 15.7 Å². The Morgan fingerprint density at radius 3 is 2.83 bits per heavy atom. The number of carbonyl (C=O) groups excluding carboxylic acids is 1. The number of hydrogen-bond donors (Lipinski definition) is 1. The van der Waals surface area contributed by atoms with Crippen molar-refractivity contribution in [1.82, 2.24) is 10.2 Å². The largest absolute Gasteiger partial charge is 0.454 e. The van der Waals surface area contributed by atoms with E-state index in [1.165, 1.54) is 0 Å². The quantitative estimate of drug-likeness (QED) is 0.803. The molecule has 1 aromatic rings. The lowest BCUT2D eigenvalue weighted by molar-refractivity contribution is -0.122. The molecule has 0 aromatic heterocycles. The predicted octanol–water partition coefficient (Wildman–Crippen LogP) is 0.540. The molecule has 2 aliphatic heterocycles. The molecule has 2 heterocycles. The Morgan fingerprint density at radius 2 is 2.12 bits per heavy atom. The summed E-state index contributed by atoms with van der Waals surface area (Å²) in [7, 11) is -2.95. The van der Waals surface area contributed by atoms with Crippen LogP contribution in [0.1, 0.15) is 18.9 Å². The summed E-state index contributed by atoms with van der Waals surface area (Å²) in [5.41, 5.74) is 0.930. The van der Waals surface area contributed by atoms with Crippen molar-refractivity contribution in [2.24, 2.45) is 0 Å². The van der Waals surface area contributed by atoms with Gasteiger partial charge in [-0.15, -0.1) is 0 Å². The average Bonchev–Trinajstić information content (AvgIpc) is 3.16. The van der Waals surface area contributed by atoms with Crippen LogP contribution in [0.3, 0.4) is 0 Å². The van der Waals surface area contributed by atoms with Crippen molar-refractivity contribution in [3.8, 4) is 11.5 Å². The summed E-state index contributed by atoms with van der Waals surface area (Å²) < 4.78 is 33.8. The number of carbonyl (C=O) groups is 1. The molecule has 2 aliphatic rings. The molecule has 0 saturated carbocycles. The minimum Gasteiger partial charge on any atom is -0.454 e. The van der Waals surface area contributed by atoms with Crippen LogP contribution in [0.2, 0.25) is 0 Å². The summed E-state index contributed by atoms with van der Waals surface area (Å²) in [6.45, 7) is 3.42. The third-order valence-corrected chi connectivity index (χ3v) is 6.15. The van der Waals surface area contributed by atoms with Gasteiger partial charge in [0.2, 0.25) is 12.7 Å². The Balaban J connectivity index is 1.51. The molecule has 8 heteroatoms. The number of benzene rings is 1. The van der Waals surface area contributed by atoms with E-state index in [0.29, 0.717) is 31.0 Å². The fourth-order valence-electron chi connectivity index (χ4n) is 3.05. The lowest BCUT2D eigenvalue weighted by Crippen LogP contribution is -2.43. The van der Waals surface area contributed by atoms with Crippen LogP contribution in [0.4, 0.5) is 0 Å². The van der Waals surface area contributed by atoms with Gasteiger partial charge in [0.15, 0.2) is 21.3 Å². The second kappa shape index (κ2) is 6.98. The van der Waals surface area contributed by atoms with Crippen molar-refractivity contribution in [3.63, 3.8) is 0 Å². The van der Waals surface area contributed by atoms with Crippen LogP contribution in [-0.4, -0.2) is 56.7 Å². The summed E-state index contributed by atoms with van der Waals surface area (Å²) in [5.74, 6) is 1.65. The molecule has 1 unspecified atom stereocenters. The second-order valence-corrected chi connectivity index (χ2v) is 8.31. The van der Waals surface area contributed by atoms with Gasteiger partial charge in [-0.05, 0) is 30.7 Å². The maximum atomic E-state index is 12.2. The van der Waals surface area contributed by atoms with Crippen LogP contribution in [0.15, 0.2) is 18.2 Å². The van der Waals surface area contributed by atoms with Gasteiger partial charge in [-0.1, -0.05) is 13.0 Å². The summed E-state index contributed by atoms with van der Waals surface area (Å²) in [6.07, 6.45) is 0.603.